The van der Waals surface area contributed by atoms with Crippen molar-refractivity contribution in [2.45, 2.75) is 19.8 Å². The Morgan fingerprint density at radius 1 is 1.23 bits per heavy atom. The fourth-order valence-electron chi connectivity index (χ4n) is 2.72. The number of amides is 2. The van der Waals surface area contributed by atoms with E-state index in [1.54, 1.807) is 6.08 Å². The minimum atomic E-state index is -0.335. The van der Waals surface area contributed by atoms with Crippen LogP contribution in [0.4, 0.5) is 14.9 Å². The number of hydrogen-bond acceptors (Lipinski definition) is 4. The van der Waals surface area contributed by atoms with Gasteiger partial charge in [-0.25, -0.2) is 4.39 Å². The van der Waals surface area contributed by atoms with Gasteiger partial charge in [-0.05, 0) is 60.9 Å². The van der Waals surface area contributed by atoms with Crippen molar-refractivity contribution < 1.29 is 14.0 Å². The highest BCUT2D eigenvalue weighted by Gasteiger charge is 2.32. The summed E-state index contributed by atoms with van der Waals surface area (Å²) in [5, 5.41) is -0.303. The summed E-state index contributed by atoms with van der Waals surface area (Å²) >= 11 is 0.886. The molecule has 6 heteroatoms. The topological polar surface area (TPSA) is 40.6 Å². The summed E-state index contributed by atoms with van der Waals surface area (Å²) in [5.74, 6) is -0.618. The minimum Gasteiger partial charge on any atom is -0.369 e. The fraction of sp³-hybridized carbons (Fsp3) is 0.375. The second kappa shape index (κ2) is 5.76. The lowest BCUT2D eigenvalue weighted by atomic mass is 10.1. The number of nitrogens with zero attached hydrogens (tertiary/aromatic N) is 2. The predicted octanol–water partition coefficient (Wildman–Crippen LogP) is 3.40. The number of hydrogen-bond donors (Lipinski definition) is 0. The molecule has 2 heterocycles. The monoisotopic (exact) mass is 320 g/mol. The summed E-state index contributed by atoms with van der Waals surface area (Å²) < 4.78 is 14.4. The zero-order valence-corrected chi connectivity index (χ0v) is 13.4. The lowest BCUT2D eigenvalue weighted by molar-refractivity contribution is -0.121. The molecule has 0 radical (unpaired) electrons. The molecule has 0 atom stereocenters. The standard InChI is InChI=1S/C16H17FN2O2S/c1-10-7-13(19-5-3-4-6-19)12(17)8-11(10)9-14-15(20)18(2)16(21)22-14/h7-9H,3-6H2,1-2H3/b14-9+. The molecule has 0 N–H and O–H groups in total. The quantitative estimate of drug-likeness (QED) is 0.783. The van der Waals surface area contributed by atoms with Crippen LogP contribution in [0.1, 0.15) is 24.0 Å². The first-order chi connectivity index (χ1) is 10.5. The van der Waals surface area contributed by atoms with E-state index in [9.17, 15) is 14.0 Å². The van der Waals surface area contributed by atoms with Crippen LogP contribution in [0.25, 0.3) is 6.08 Å². The van der Waals surface area contributed by atoms with Gasteiger partial charge in [-0.15, -0.1) is 0 Å². The molecule has 0 unspecified atom stereocenters. The van der Waals surface area contributed by atoms with Crippen molar-refractivity contribution in [2.75, 3.05) is 25.0 Å². The van der Waals surface area contributed by atoms with Gasteiger partial charge in [0.15, 0.2) is 0 Å². The highest BCUT2D eigenvalue weighted by atomic mass is 32.2. The van der Waals surface area contributed by atoms with Crippen molar-refractivity contribution in [1.82, 2.24) is 4.90 Å². The van der Waals surface area contributed by atoms with Crippen LogP contribution in [0.2, 0.25) is 0 Å². The smallest absolute Gasteiger partial charge is 0.293 e. The van der Waals surface area contributed by atoms with Crippen molar-refractivity contribution in [1.29, 1.82) is 0 Å². The Bertz CT molecular complexity index is 681. The molecule has 3 rings (SSSR count). The van der Waals surface area contributed by atoms with E-state index in [4.69, 9.17) is 0 Å². The molecule has 2 aliphatic heterocycles. The van der Waals surface area contributed by atoms with Gasteiger partial charge in [-0.1, -0.05) is 0 Å². The number of carbonyl (C=O) groups excluding carboxylic acids is 2. The molecule has 0 spiro atoms. The number of thioether (sulfide) groups is 1. The van der Waals surface area contributed by atoms with Crippen molar-refractivity contribution in [3.63, 3.8) is 0 Å². The third kappa shape index (κ3) is 2.63. The van der Waals surface area contributed by atoms with Gasteiger partial charge < -0.3 is 4.90 Å². The number of anilines is 1. The second-order valence-electron chi connectivity index (χ2n) is 5.60. The molecule has 2 amide bonds. The van der Waals surface area contributed by atoms with Crippen LogP contribution < -0.4 is 4.90 Å². The summed E-state index contributed by atoms with van der Waals surface area (Å²) in [6.45, 7) is 3.65. The van der Waals surface area contributed by atoms with Crippen LogP contribution in [-0.4, -0.2) is 36.2 Å². The van der Waals surface area contributed by atoms with Gasteiger partial charge in [0.05, 0.1) is 10.6 Å². The maximum atomic E-state index is 14.4. The molecule has 0 aliphatic carbocycles. The molecule has 1 aromatic carbocycles. The van der Waals surface area contributed by atoms with Crippen molar-refractivity contribution >= 4 is 34.7 Å². The lowest BCUT2D eigenvalue weighted by Crippen LogP contribution is -2.22. The molecule has 2 aliphatic rings. The van der Waals surface area contributed by atoms with Crippen LogP contribution in [0.15, 0.2) is 17.0 Å². The Morgan fingerprint density at radius 2 is 1.91 bits per heavy atom. The van der Waals surface area contributed by atoms with Gasteiger partial charge in [-0.3, -0.25) is 14.5 Å². The van der Waals surface area contributed by atoms with Gasteiger partial charge in [0.1, 0.15) is 5.82 Å². The number of benzene rings is 1. The number of aryl methyl sites for hydroxylation is 1. The Labute approximate surface area is 133 Å². The molecule has 4 nitrogen and oxygen atoms in total. The van der Waals surface area contributed by atoms with Gasteiger partial charge in [-0.2, -0.15) is 0 Å². The number of imide groups is 1. The number of halogens is 1. The van der Waals surface area contributed by atoms with E-state index < -0.39 is 0 Å². The summed E-state index contributed by atoms with van der Waals surface area (Å²) in [7, 11) is 1.45. The minimum absolute atomic E-state index is 0.283. The highest BCUT2D eigenvalue weighted by Crippen LogP contribution is 2.33. The highest BCUT2D eigenvalue weighted by molar-refractivity contribution is 8.18. The van der Waals surface area contributed by atoms with E-state index in [0.29, 0.717) is 16.2 Å². The van der Waals surface area contributed by atoms with Crippen molar-refractivity contribution in [3.8, 4) is 0 Å². The molecule has 0 bridgehead atoms. The van der Waals surface area contributed by atoms with Crippen LogP contribution >= 0.6 is 11.8 Å². The Hall–Kier alpha value is -1.82. The van der Waals surface area contributed by atoms with E-state index in [1.807, 2.05) is 17.9 Å². The van der Waals surface area contributed by atoms with Crippen molar-refractivity contribution in [3.05, 3.63) is 34.0 Å². The largest absolute Gasteiger partial charge is 0.369 e. The van der Waals surface area contributed by atoms with E-state index in [0.717, 1.165) is 48.2 Å². The average Bonchev–Trinajstić information content (AvgIpc) is 3.08. The Balaban J connectivity index is 1.94. The molecule has 2 saturated heterocycles. The van der Waals surface area contributed by atoms with Gasteiger partial charge >= 0.3 is 0 Å². The molecule has 116 valence electrons. The van der Waals surface area contributed by atoms with Gasteiger partial charge in [0.25, 0.3) is 11.1 Å². The third-order valence-corrected chi connectivity index (χ3v) is 5.02. The maximum Gasteiger partial charge on any atom is 0.293 e. The molecule has 2 fully saturated rings. The Morgan fingerprint density at radius 3 is 2.50 bits per heavy atom. The molecule has 1 aromatic rings. The first kappa shape index (κ1) is 15.1. The summed E-state index contributed by atoms with van der Waals surface area (Å²) in [6.07, 6.45) is 3.77. The second-order valence-corrected chi connectivity index (χ2v) is 6.59. The van der Waals surface area contributed by atoms with Crippen LogP contribution in [0.5, 0.6) is 0 Å². The zero-order valence-electron chi connectivity index (χ0n) is 12.6. The predicted molar refractivity (Wildman–Crippen MR) is 86.3 cm³/mol. The van der Waals surface area contributed by atoms with Crippen LogP contribution in [0, 0.1) is 12.7 Å². The summed E-state index contributed by atoms with van der Waals surface area (Å²) in [5.41, 5.74) is 2.15. The van der Waals surface area contributed by atoms with E-state index >= 15 is 0 Å². The number of carbonyl (C=O) groups is 2. The van der Waals surface area contributed by atoms with E-state index in [1.165, 1.54) is 13.1 Å². The van der Waals surface area contributed by atoms with Gasteiger partial charge in [0, 0.05) is 20.1 Å². The van der Waals surface area contributed by atoms with Crippen LogP contribution in [0.3, 0.4) is 0 Å². The fourth-order valence-corrected chi connectivity index (χ4v) is 3.54. The average molecular weight is 320 g/mol. The molecule has 0 saturated carbocycles. The number of likely N-dealkylation sites (N-methyl/N-ethyl adjacent to an activating group) is 1. The molecule has 0 aromatic heterocycles. The molecular formula is C16H17FN2O2S. The lowest BCUT2D eigenvalue weighted by Gasteiger charge is -2.19. The zero-order chi connectivity index (χ0) is 15.9. The number of rotatable bonds is 2. The first-order valence-corrected chi connectivity index (χ1v) is 8.05. The maximum absolute atomic E-state index is 14.4. The van der Waals surface area contributed by atoms with Gasteiger partial charge in [0.2, 0.25) is 0 Å². The summed E-state index contributed by atoms with van der Waals surface area (Å²) in [4.78, 5) is 26.9. The van der Waals surface area contributed by atoms with E-state index in [-0.39, 0.29) is 17.0 Å². The SMILES string of the molecule is Cc1cc(N2CCCC2)c(F)cc1/C=C1/SC(=O)N(C)C1=O. The van der Waals surface area contributed by atoms with Crippen molar-refractivity contribution in [2.24, 2.45) is 0 Å². The van der Waals surface area contributed by atoms with E-state index in [2.05, 4.69) is 0 Å². The first-order valence-electron chi connectivity index (χ1n) is 7.24. The summed E-state index contributed by atoms with van der Waals surface area (Å²) in [6, 6.07) is 3.27. The molecular weight excluding hydrogens is 303 g/mol. The van der Waals surface area contributed by atoms with Crippen LogP contribution in [-0.2, 0) is 4.79 Å². The normalized spacial score (nSPS) is 20.6. The molecule has 22 heavy (non-hydrogen) atoms. The third-order valence-electron chi connectivity index (χ3n) is 4.06. The Kier molecular flexibility index (Phi) is 3.95.